The molecule has 1 aliphatic rings. The topological polar surface area (TPSA) is 37.3 Å². The van der Waals surface area contributed by atoms with Crippen LogP contribution in [0.5, 0.6) is 0 Å². The fraction of sp³-hybridized carbons (Fsp3) is 0.318. The Bertz CT molecular complexity index is 785. The minimum atomic E-state index is -1.29. The molecule has 0 aromatic heterocycles. The first-order valence-electron chi connectivity index (χ1n) is 8.36. The molecule has 0 radical (unpaired) electrons. The largest absolute Gasteiger partial charge is 0.383 e. The molecular formula is C22H22O2. The second kappa shape index (κ2) is 6.26. The third-order valence-corrected chi connectivity index (χ3v) is 5.29. The van der Waals surface area contributed by atoms with Gasteiger partial charge in [-0.15, -0.1) is 0 Å². The first-order valence-corrected chi connectivity index (χ1v) is 8.36. The molecule has 2 heteroatoms. The van der Waals surface area contributed by atoms with Crippen LogP contribution in [-0.4, -0.2) is 10.9 Å². The smallest absolute Gasteiger partial charge is 0.139 e. The molecule has 0 saturated heterocycles. The molecule has 0 aliphatic heterocycles. The lowest BCUT2D eigenvalue weighted by atomic mass is 9.57. The monoisotopic (exact) mass is 318 g/mol. The molecule has 2 aromatic carbocycles. The molecule has 3 atom stereocenters. The fourth-order valence-electron chi connectivity index (χ4n) is 3.64. The minimum absolute atomic E-state index is 0.0975. The summed E-state index contributed by atoms with van der Waals surface area (Å²) >= 11 is 0. The normalized spacial score (nSPS) is 29.6. The molecule has 0 unspecified atom stereocenters. The number of hydrogen-bond acceptors (Lipinski definition) is 2. The number of carbonyl (C=O) groups excluding carboxylic acids is 1. The lowest BCUT2D eigenvalue weighted by Crippen LogP contribution is -2.54. The van der Waals surface area contributed by atoms with E-state index >= 15 is 0 Å². The third kappa shape index (κ3) is 2.66. The van der Waals surface area contributed by atoms with Crippen LogP contribution in [0.4, 0.5) is 0 Å². The molecule has 2 nitrogen and oxygen atoms in total. The Morgan fingerprint density at radius 1 is 1.04 bits per heavy atom. The van der Waals surface area contributed by atoms with Crippen LogP contribution in [0, 0.1) is 23.2 Å². The third-order valence-electron chi connectivity index (χ3n) is 5.29. The highest BCUT2D eigenvalue weighted by atomic mass is 16.3. The number of ketones is 1. The van der Waals surface area contributed by atoms with E-state index in [9.17, 15) is 9.90 Å². The van der Waals surface area contributed by atoms with Gasteiger partial charge in [0.1, 0.15) is 11.4 Å². The van der Waals surface area contributed by atoms with Crippen molar-refractivity contribution >= 4 is 5.78 Å². The number of hydrogen-bond donors (Lipinski definition) is 1. The maximum atomic E-state index is 12.3. The van der Waals surface area contributed by atoms with Crippen molar-refractivity contribution in [3.05, 3.63) is 71.8 Å². The second-order valence-electron chi connectivity index (χ2n) is 6.77. The number of Topliss-reactive ketones (excluding diaryl/α,β-unsaturated/α-hetero) is 1. The Hall–Kier alpha value is -2.37. The van der Waals surface area contributed by atoms with E-state index in [2.05, 4.69) is 11.8 Å². The Morgan fingerprint density at radius 3 is 2.25 bits per heavy atom. The van der Waals surface area contributed by atoms with Crippen LogP contribution in [0.25, 0.3) is 0 Å². The first-order chi connectivity index (χ1) is 11.5. The summed E-state index contributed by atoms with van der Waals surface area (Å²) in [5.74, 6) is 6.11. The lowest BCUT2D eigenvalue weighted by molar-refractivity contribution is -0.155. The Labute approximate surface area is 143 Å². The summed E-state index contributed by atoms with van der Waals surface area (Å²) in [7, 11) is 0. The molecule has 24 heavy (non-hydrogen) atoms. The van der Waals surface area contributed by atoms with Crippen molar-refractivity contribution in [3.8, 4) is 11.8 Å². The zero-order valence-corrected chi connectivity index (χ0v) is 14.1. The van der Waals surface area contributed by atoms with Crippen LogP contribution >= 0.6 is 0 Å². The Morgan fingerprint density at radius 2 is 1.62 bits per heavy atom. The average Bonchev–Trinajstić information content (AvgIpc) is 2.63. The quantitative estimate of drug-likeness (QED) is 0.809. The van der Waals surface area contributed by atoms with E-state index in [0.717, 1.165) is 11.1 Å². The van der Waals surface area contributed by atoms with Gasteiger partial charge in [-0.3, -0.25) is 4.79 Å². The van der Waals surface area contributed by atoms with Gasteiger partial charge in [0.05, 0.1) is 5.41 Å². The summed E-state index contributed by atoms with van der Waals surface area (Å²) in [6.07, 6.45) is 1.01. The van der Waals surface area contributed by atoms with E-state index < -0.39 is 16.9 Å². The molecule has 0 amide bonds. The zero-order valence-electron chi connectivity index (χ0n) is 14.1. The highest BCUT2D eigenvalue weighted by Gasteiger charge is 2.56. The maximum absolute atomic E-state index is 12.3. The van der Waals surface area contributed by atoms with E-state index in [1.807, 2.05) is 74.5 Å². The van der Waals surface area contributed by atoms with E-state index in [4.69, 9.17) is 0 Å². The van der Waals surface area contributed by atoms with Crippen LogP contribution in [0.3, 0.4) is 0 Å². The number of rotatable bonds is 1. The van der Waals surface area contributed by atoms with Gasteiger partial charge in [0.15, 0.2) is 0 Å². The van der Waals surface area contributed by atoms with Gasteiger partial charge in [-0.05, 0) is 31.0 Å². The summed E-state index contributed by atoms with van der Waals surface area (Å²) in [4.78, 5) is 12.3. The van der Waals surface area contributed by atoms with Gasteiger partial charge in [0.25, 0.3) is 0 Å². The summed E-state index contributed by atoms with van der Waals surface area (Å²) in [6, 6.07) is 19.2. The Kier molecular flexibility index (Phi) is 4.30. The highest BCUT2D eigenvalue weighted by Crippen LogP contribution is 2.51. The molecule has 3 rings (SSSR count). The molecule has 122 valence electrons. The SMILES string of the molecule is C[C@H]1C(=O)CC[C@](C)(C#Cc2ccccc2)[C@]1(O)c1ccccc1. The van der Waals surface area contributed by atoms with Gasteiger partial charge in [0.2, 0.25) is 0 Å². The van der Waals surface area contributed by atoms with E-state index in [-0.39, 0.29) is 5.78 Å². The minimum Gasteiger partial charge on any atom is -0.383 e. The Balaban J connectivity index is 2.10. The average molecular weight is 318 g/mol. The van der Waals surface area contributed by atoms with Gasteiger partial charge in [-0.1, -0.05) is 67.3 Å². The molecule has 0 bridgehead atoms. The molecule has 0 spiro atoms. The number of aliphatic hydroxyl groups is 1. The van der Waals surface area contributed by atoms with Crippen molar-refractivity contribution in [1.29, 1.82) is 0 Å². The molecule has 1 fully saturated rings. The summed E-state index contributed by atoms with van der Waals surface area (Å²) in [5, 5.41) is 11.7. The van der Waals surface area contributed by atoms with Crippen LogP contribution in [-0.2, 0) is 10.4 Å². The van der Waals surface area contributed by atoms with Crippen molar-refractivity contribution in [3.63, 3.8) is 0 Å². The van der Waals surface area contributed by atoms with Crippen LogP contribution < -0.4 is 0 Å². The van der Waals surface area contributed by atoms with Crippen molar-refractivity contribution in [2.24, 2.45) is 11.3 Å². The molecule has 1 aliphatic carbocycles. The first kappa shape index (κ1) is 16.5. The zero-order chi connectivity index (χ0) is 17.2. The van der Waals surface area contributed by atoms with Crippen LogP contribution in [0.2, 0.25) is 0 Å². The number of carbonyl (C=O) groups is 1. The predicted molar refractivity (Wildman–Crippen MR) is 95.2 cm³/mol. The maximum Gasteiger partial charge on any atom is 0.139 e. The van der Waals surface area contributed by atoms with E-state index in [1.165, 1.54) is 0 Å². The predicted octanol–water partition coefficient (Wildman–Crippen LogP) is 3.93. The molecule has 2 aromatic rings. The van der Waals surface area contributed by atoms with E-state index in [1.54, 1.807) is 0 Å². The summed E-state index contributed by atoms with van der Waals surface area (Å²) in [5.41, 5.74) is -0.294. The molecule has 0 heterocycles. The fourth-order valence-corrected chi connectivity index (χ4v) is 3.64. The van der Waals surface area contributed by atoms with Crippen molar-refractivity contribution in [2.45, 2.75) is 32.3 Å². The molecule has 1 saturated carbocycles. The molecule has 1 N–H and O–H groups in total. The van der Waals surface area contributed by atoms with Crippen molar-refractivity contribution in [1.82, 2.24) is 0 Å². The van der Waals surface area contributed by atoms with E-state index in [0.29, 0.717) is 12.8 Å². The van der Waals surface area contributed by atoms with Gasteiger partial charge in [0, 0.05) is 17.9 Å². The molecular weight excluding hydrogens is 296 g/mol. The lowest BCUT2D eigenvalue weighted by Gasteiger charge is -2.49. The highest BCUT2D eigenvalue weighted by molar-refractivity contribution is 5.83. The van der Waals surface area contributed by atoms with Crippen LogP contribution in [0.1, 0.15) is 37.8 Å². The van der Waals surface area contributed by atoms with Gasteiger partial charge < -0.3 is 5.11 Å². The van der Waals surface area contributed by atoms with Gasteiger partial charge >= 0.3 is 0 Å². The van der Waals surface area contributed by atoms with Crippen LogP contribution in [0.15, 0.2) is 60.7 Å². The van der Waals surface area contributed by atoms with Crippen molar-refractivity contribution < 1.29 is 9.90 Å². The number of benzene rings is 2. The second-order valence-corrected chi connectivity index (χ2v) is 6.77. The van der Waals surface area contributed by atoms with Gasteiger partial charge in [-0.25, -0.2) is 0 Å². The summed E-state index contributed by atoms with van der Waals surface area (Å²) < 4.78 is 0. The van der Waals surface area contributed by atoms with Gasteiger partial charge in [-0.2, -0.15) is 0 Å². The standard InChI is InChI=1S/C22H22O2/c1-17-20(23)14-16-21(2,15-13-18-9-5-3-6-10-18)22(17,24)19-11-7-4-8-12-19/h3-12,17,24H,14,16H2,1-2H3/t17-,21-,22+/m0/s1. The van der Waals surface area contributed by atoms with Crippen molar-refractivity contribution in [2.75, 3.05) is 0 Å². The summed E-state index contributed by atoms with van der Waals surface area (Å²) in [6.45, 7) is 3.79.